The second-order valence-electron chi connectivity index (χ2n) is 5.68. The molecule has 1 saturated carbocycles. The van der Waals surface area contributed by atoms with Crippen LogP contribution < -0.4 is 11.1 Å². The number of carbonyl (C=O) groups excluding carboxylic acids is 1. The van der Waals surface area contributed by atoms with E-state index in [-0.39, 0.29) is 18.0 Å². The lowest BCUT2D eigenvalue weighted by Gasteiger charge is -2.22. The zero-order valence-electron chi connectivity index (χ0n) is 12.1. The minimum absolute atomic E-state index is 0.0896. The van der Waals surface area contributed by atoms with Gasteiger partial charge in [0, 0.05) is 24.1 Å². The molecule has 1 heterocycles. The summed E-state index contributed by atoms with van der Waals surface area (Å²) in [5.74, 6) is -0.0896. The maximum atomic E-state index is 12.5. The van der Waals surface area contributed by atoms with Crippen LogP contribution in [0.5, 0.6) is 0 Å². The first kappa shape index (κ1) is 13.7. The third kappa shape index (κ3) is 2.77. The van der Waals surface area contributed by atoms with Crippen molar-refractivity contribution in [3.05, 3.63) is 48.0 Å². The summed E-state index contributed by atoms with van der Waals surface area (Å²) in [5, 5.41) is 3.13. The molecule has 3 N–H and O–H groups in total. The Kier molecular flexibility index (Phi) is 3.64. The Labute approximate surface area is 124 Å². The highest BCUT2D eigenvalue weighted by Gasteiger charge is 2.30. The van der Waals surface area contributed by atoms with Gasteiger partial charge in [-0.05, 0) is 38.3 Å². The molecular weight excluding hydrogens is 264 g/mol. The number of amides is 1. The Balaban J connectivity index is 1.76. The zero-order chi connectivity index (χ0) is 14.8. The van der Waals surface area contributed by atoms with Crippen LogP contribution in [0, 0.1) is 6.92 Å². The van der Waals surface area contributed by atoms with E-state index in [1.807, 2.05) is 31.6 Å². The molecule has 1 aromatic heterocycles. The summed E-state index contributed by atoms with van der Waals surface area (Å²) in [7, 11) is 0. The zero-order valence-corrected chi connectivity index (χ0v) is 12.1. The van der Waals surface area contributed by atoms with Gasteiger partial charge in [-0.1, -0.05) is 11.6 Å². The van der Waals surface area contributed by atoms with Crippen LogP contribution in [0.4, 0.5) is 5.69 Å². The molecule has 2 aromatic rings. The van der Waals surface area contributed by atoms with E-state index in [4.69, 9.17) is 5.73 Å². The number of imidazole rings is 1. The summed E-state index contributed by atoms with van der Waals surface area (Å²) in [6.45, 7) is 1.96. The summed E-state index contributed by atoms with van der Waals surface area (Å²) in [4.78, 5) is 16.6. The third-order valence-electron chi connectivity index (χ3n) is 4.16. The molecule has 1 amide bonds. The molecule has 2 unspecified atom stereocenters. The van der Waals surface area contributed by atoms with Crippen molar-refractivity contribution >= 4 is 11.6 Å². The van der Waals surface area contributed by atoms with Crippen molar-refractivity contribution in [2.75, 3.05) is 5.73 Å². The molecule has 21 heavy (non-hydrogen) atoms. The third-order valence-corrected chi connectivity index (χ3v) is 4.16. The van der Waals surface area contributed by atoms with Crippen LogP contribution in [0.25, 0.3) is 0 Å². The van der Waals surface area contributed by atoms with E-state index in [0.29, 0.717) is 11.3 Å². The molecule has 0 spiro atoms. The van der Waals surface area contributed by atoms with Crippen LogP contribution in [0.2, 0.25) is 0 Å². The number of benzene rings is 1. The Morgan fingerprint density at radius 3 is 3.05 bits per heavy atom. The van der Waals surface area contributed by atoms with E-state index in [1.165, 1.54) is 0 Å². The quantitative estimate of drug-likeness (QED) is 0.849. The van der Waals surface area contributed by atoms with Crippen LogP contribution >= 0.6 is 0 Å². The predicted octanol–water partition coefficient (Wildman–Crippen LogP) is 2.30. The van der Waals surface area contributed by atoms with Crippen LogP contribution in [0.1, 0.15) is 41.2 Å². The van der Waals surface area contributed by atoms with Gasteiger partial charge in [-0.3, -0.25) is 4.79 Å². The van der Waals surface area contributed by atoms with Gasteiger partial charge in [0.05, 0.1) is 17.9 Å². The maximum absolute atomic E-state index is 12.5. The SMILES string of the molecule is Cc1ccc(N)c(C(=O)NC2CCCC2n2ccnc2)c1. The number of nitrogens with one attached hydrogen (secondary N) is 1. The van der Waals surface area contributed by atoms with Crippen LogP contribution in [-0.4, -0.2) is 21.5 Å². The predicted molar refractivity (Wildman–Crippen MR) is 82.0 cm³/mol. The van der Waals surface area contributed by atoms with Crippen molar-refractivity contribution < 1.29 is 4.79 Å². The van der Waals surface area contributed by atoms with Crippen molar-refractivity contribution in [3.8, 4) is 0 Å². The molecule has 0 aliphatic heterocycles. The highest BCUT2D eigenvalue weighted by Crippen LogP contribution is 2.30. The number of aryl methyl sites for hydroxylation is 1. The van der Waals surface area contributed by atoms with Gasteiger partial charge in [0.2, 0.25) is 0 Å². The van der Waals surface area contributed by atoms with Gasteiger partial charge in [-0.2, -0.15) is 0 Å². The highest BCUT2D eigenvalue weighted by molar-refractivity contribution is 5.99. The van der Waals surface area contributed by atoms with Gasteiger partial charge in [0.1, 0.15) is 0 Å². The summed E-state index contributed by atoms with van der Waals surface area (Å²) in [6.07, 6.45) is 8.70. The van der Waals surface area contributed by atoms with Gasteiger partial charge in [-0.15, -0.1) is 0 Å². The average molecular weight is 284 g/mol. The Hall–Kier alpha value is -2.30. The monoisotopic (exact) mass is 284 g/mol. The van der Waals surface area contributed by atoms with Crippen LogP contribution in [-0.2, 0) is 0 Å². The molecule has 1 aliphatic carbocycles. The fourth-order valence-corrected chi connectivity index (χ4v) is 3.04. The van der Waals surface area contributed by atoms with Crippen molar-refractivity contribution in [3.63, 3.8) is 0 Å². The number of nitrogen functional groups attached to an aromatic ring is 1. The molecule has 3 rings (SSSR count). The lowest BCUT2D eigenvalue weighted by molar-refractivity contribution is 0.0929. The fraction of sp³-hybridized carbons (Fsp3) is 0.375. The van der Waals surface area contributed by atoms with Crippen molar-refractivity contribution in [2.24, 2.45) is 0 Å². The van der Waals surface area contributed by atoms with Gasteiger partial charge in [0.15, 0.2) is 0 Å². The number of hydrogen-bond acceptors (Lipinski definition) is 3. The smallest absolute Gasteiger partial charge is 0.253 e. The van der Waals surface area contributed by atoms with Crippen LogP contribution in [0.15, 0.2) is 36.9 Å². The van der Waals surface area contributed by atoms with Gasteiger partial charge >= 0.3 is 0 Å². The van der Waals surface area contributed by atoms with E-state index < -0.39 is 0 Å². The van der Waals surface area contributed by atoms with E-state index in [1.54, 1.807) is 12.3 Å². The van der Waals surface area contributed by atoms with Crippen LogP contribution in [0.3, 0.4) is 0 Å². The number of anilines is 1. The lowest BCUT2D eigenvalue weighted by atomic mass is 10.1. The second-order valence-corrected chi connectivity index (χ2v) is 5.68. The highest BCUT2D eigenvalue weighted by atomic mass is 16.1. The Bertz CT molecular complexity index is 636. The standard InChI is InChI=1S/C16H20N4O/c1-11-5-6-13(17)12(9-11)16(21)19-14-3-2-4-15(14)20-8-7-18-10-20/h5-10,14-15H,2-4,17H2,1H3,(H,19,21). The summed E-state index contributed by atoms with van der Waals surface area (Å²) < 4.78 is 2.08. The first-order valence-corrected chi connectivity index (χ1v) is 7.29. The number of rotatable bonds is 3. The average Bonchev–Trinajstić information content (AvgIpc) is 3.11. The number of aromatic nitrogens is 2. The largest absolute Gasteiger partial charge is 0.398 e. The number of hydrogen-bond donors (Lipinski definition) is 2. The first-order valence-electron chi connectivity index (χ1n) is 7.29. The van der Waals surface area contributed by atoms with Crippen molar-refractivity contribution in [2.45, 2.75) is 38.3 Å². The maximum Gasteiger partial charge on any atom is 0.253 e. The minimum atomic E-state index is -0.0896. The fourth-order valence-electron chi connectivity index (χ4n) is 3.04. The van der Waals surface area contributed by atoms with Crippen molar-refractivity contribution in [1.82, 2.24) is 14.9 Å². The molecule has 1 aliphatic rings. The lowest BCUT2D eigenvalue weighted by Crippen LogP contribution is -2.38. The Morgan fingerprint density at radius 2 is 2.29 bits per heavy atom. The summed E-state index contributed by atoms with van der Waals surface area (Å²) in [6, 6.07) is 5.95. The number of nitrogens with zero attached hydrogens (tertiary/aromatic N) is 2. The van der Waals surface area contributed by atoms with E-state index in [2.05, 4.69) is 14.9 Å². The summed E-state index contributed by atoms with van der Waals surface area (Å²) >= 11 is 0. The molecule has 1 fully saturated rings. The number of carbonyl (C=O) groups is 1. The molecule has 0 saturated heterocycles. The second kappa shape index (κ2) is 5.60. The van der Waals surface area contributed by atoms with Crippen molar-refractivity contribution in [1.29, 1.82) is 0 Å². The molecule has 1 aromatic carbocycles. The summed E-state index contributed by atoms with van der Waals surface area (Å²) in [5.41, 5.74) is 8.04. The van der Waals surface area contributed by atoms with E-state index in [9.17, 15) is 4.79 Å². The number of nitrogens with two attached hydrogens (primary N) is 1. The molecule has 5 nitrogen and oxygen atoms in total. The molecular formula is C16H20N4O. The minimum Gasteiger partial charge on any atom is -0.398 e. The van der Waals surface area contributed by atoms with Gasteiger partial charge < -0.3 is 15.6 Å². The van der Waals surface area contributed by atoms with E-state index >= 15 is 0 Å². The molecule has 0 bridgehead atoms. The molecule has 5 heteroatoms. The molecule has 2 atom stereocenters. The molecule has 110 valence electrons. The topological polar surface area (TPSA) is 72.9 Å². The van der Waals surface area contributed by atoms with Gasteiger partial charge in [-0.25, -0.2) is 4.98 Å². The van der Waals surface area contributed by atoms with E-state index in [0.717, 1.165) is 24.8 Å². The van der Waals surface area contributed by atoms with Gasteiger partial charge in [0.25, 0.3) is 5.91 Å². The normalized spacial score (nSPS) is 21.4. The first-order chi connectivity index (χ1) is 10.1. The molecule has 0 radical (unpaired) electrons. The Morgan fingerprint density at radius 1 is 1.43 bits per heavy atom.